The summed E-state index contributed by atoms with van der Waals surface area (Å²) in [6.45, 7) is 4.21. The Balaban J connectivity index is 1.93. The molecule has 1 saturated heterocycles. The van der Waals surface area contributed by atoms with Crippen LogP contribution in [0.4, 0.5) is 0 Å². The highest BCUT2D eigenvalue weighted by Gasteiger charge is 2.44. The molecule has 4 heteroatoms. The summed E-state index contributed by atoms with van der Waals surface area (Å²) in [6.07, 6.45) is 3.51. The monoisotopic (exact) mass is 288 g/mol. The summed E-state index contributed by atoms with van der Waals surface area (Å²) in [4.78, 5) is 14.7. The molecule has 1 aliphatic heterocycles. The Kier molecular flexibility index (Phi) is 3.89. The van der Waals surface area contributed by atoms with Crippen molar-refractivity contribution in [2.45, 2.75) is 51.4 Å². The summed E-state index contributed by atoms with van der Waals surface area (Å²) in [7, 11) is 1.67. The quantitative estimate of drug-likeness (QED) is 0.930. The third-order valence-corrected chi connectivity index (χ3v) is 4.89. The van der Waals surface area contributed by atoms with Gasteiger partial charge in [0.15, 0.2) is 0 Å². The lowest BCUT2D eigenvalue weighted by molar-refractivity contribution is -0.132. The van der Waals surface area contributed by atoms with Crippen LogP contribution in [-0.2, 0) is 4.79 Å². The smallest absolute Gasteiger partial charge is 0.241 e. The van der Waals surface area contributed by atoms with Gasteiger partial charge in [0.05, 0.1) is 13.2 Å². The number of carbonyl (C=O) groups is 1. The third-order valence-electron chi connectivity index (χ3n) is 4.89. The fourth-order valence-corrected chi connectivity index (χ4v) is 3.70. The van der Waals surface area contributed by atoms with E-state index < -0.39 is 0 Å². The maximum Gasteiger partial charge on any atom is 0.241 e. The van der Waals surface area contributed by atoms with E-state index in [0.29, 0.717) is 12.0 Å². The number of hydrogen-bond donors (Lipinski definition) is 1. The molecule has 4 unspecified atom stereocenters. The third kappa shape index (κ3) is 2.53. The lowest BCUT2D eigenvalue weighted by atomic mass is 10.0. The van der Waals surface area contributed by atoms with Gasteiger partial charge in [0.25, 0.3) is 0 Å². The van der Waals surface area contributed by atoms with Crippen molar-refractivity contribution in [2.75, 3.05) is 7.11 Å². The maximum atomic E-state index is 12.6. The average molecular weight is 288 g/mol. The van der Waals surface area contributed by atoms with Crippen LogP contribution >= 0.6 is 0 Å². The topological polar surface area (TPSA) is 41.6 Å². The first kappa shape index (κ1) is 14.4. The fraction of sp³-hybridized carbons (Fsp3) is 0.588. The van der Waals surface area contributed by atoms with E-state index >= 15 is 0 Å². The first-order chi connectivity index (χ1) is 10.1. The van der Waals surface area contributed by atoms with E-state index in [1.807, 2.05) is 25.1 Å². The zero-order valence-corrected chi connectivity index (χ0v) is 13.0. The molecular weight excluding hydrogens is 264 g/mol. The Bertz CT molecular complexity index is 531. The van der Waals surface area contributed by atoms with Crippen molar-refractivity contribution in [3.05, 3.63) is 29.8 Å². The van der Waals surface area contributed by atoms with Crippen molar-refractivity contribution in [2.24, 2.45) is 5.92 Å². The Morgan fingerprint density at radius 1 is 1.29 bits per heavy atom. The minimum Gasteiger partial charge on any atom is -0.497 e. The highest BCUT2D eigenvalue weighted by atomic mass is 16.5. The zero-order chi connectivity index (χ0) is 15.0. The van der Waals surface area contributed by atoms with Crippen LogP contribution in [0.3, 0.4) is 0 Å². The second-order valence-electron chi connectivity index (χ2n) is 6.29. The number of ether oxygens (including phenoxy) is 1. The second-order valence-corrected chi connectivity index (χ2v) is 6.29. The average Bonchev–Trinajstić information content (AvgIpc) is 3.03. The molecule has 1 aliphatic carbocycles. The molecule has 1 saturated carbocycles. The predicted molar refractivity (Wildman–Crippen MR) is 82.0 cm³/mol. The molecule has 0 aromatic heterocycles. The molecular formula is C17H24N2O2. The van der Waals surface area contributed by atoms with Crippen LogP contribution in [0.15, 0.2) is 24.3 Å². The van der Waals surface area contributed by atoms with Crippen molar-refractivity contribution in [3.63, 3.8) is 0 Å². The number of hydrogen-bond acceptors (Lipinski definition) is 3. The van der Waals surface area contributed by atoms with Crippen molar-refractivity contribution in [3.8, 4) is 5.75 Å². The van der Waals surface area contributed by atoms with Crippen LogP contribution in [0, 0.1) is 5.92 Å². The molecule has 0 radical (unpaired) electrons. The summed E-state index contributed by atoms with van der Waals surface area (Å²) < 4.78 is 5.32. The molecule has 1 N–H and O–H groups in total. The summed E-state index contributed by atoms with van der Waals surface area (Å²) >= 11 is 0. The van der Waals surface area contributed by atoms with Crippen molar-refractivity contribution in [1.29, 1.82) is 0 Å². The Morgan fingerprint density at radius 3 is 2.76 bits per heavy atom. The van der Waals surface area contributed by atoms with Gasteiger partial charge < -0.3 is 9.64 Å². The van der Waals surface area contributed by atoms with Crippen LogP contribution in [0.5, 0.6) is 5.75 Å². The number of rotatable bonds is 3. The molecule has 114 valence electrons. The highest BCUT2D eigenvalue weighted by Crippen LogP contribution is 2.37. The van der Waals surface area contributed by atoms with E-state index in [9.17, 15) is 4.79 Å². The van der Waals surface area contributed by atoms with Crippen LogP contribution in [0.1, 0.15) is 44.8 Å². The number of amides is 1. The van der Waals surface area contributed by atoms with Gasteiger partial charge in [-0.3, -0.25) is 10.1 Å². The van der Waals surface area contributed by atoms with Gasteiger partial charge in [-0.05, 0) is 43.4 Å². The molecule has 4 atom stereocenters. The largest absolute Gasteiger partial charge is 0.497 e. The molecule has 1 amide bonds. The summed E-state index contributed by atoms with van der Waals surface area (Å²) in [5.41, 5.74) is 1.10. The van der Waals surface area contributed by atoms with Crippen LogP contribution < -0.4 is 10.1 Å². The number of carbonyl (C=O) groups excluding carboxylic acids is 1. The van der Waals surface area contributed by atoms with E-state index in [4.69, 9.17) is 4.74 Å². The number of nitrogens with one attached hydrogen (secondary N) is 1. The molecule has 0 bridgehead atoms. The van der Waals surface area contributed by atoms with Crippen molar-refractivity contribution >= 4 is 5.91 Å². The van der Waals surface area contributed by atoms with Gasteiger partial charge in [-0.15, -0.1) is 0 Å². The van der Waals surface area contributed by atoms with E-state index in [0.717, 1.165) is 17.7 Å². The Labute approximate surface area is 126 Å². The van der Waals surface area contributed by atoms with Crippen LogP contribution in [0.2, 0.25) is 0 Å². The number of nitrogens with zero attached hydrogens (tertiary/aromatic N) is 1. The van der Waals surface area contributed by atoms with Gasteiger partial charge >= 0.3 is 0 Å². The number of benzene rings is 1. The second kappa shape index (κ2) is 5.68. The molecule has 0 spiro atoms. The van der Waals surface area contributed by atoms with Crippen molar-refractivity contribution < 1.29 is 9.53 Å². The van der Waals surface area contributed by atoms with E-state index in [1.54, 1.807) is 7.11 Å². The lowest BCUT2D eigenvalue weighted by Crippen LogP contribution is -2.41. The van der Waals surface area contributed by atoms with Crippen LogP contribution in [-0.4, -0.2) is 30.0 Å². The molecule has 2 aliphatic rings. The Morgan fingerprint density at radius 2 is 2.10 bits per heavy atom. The van der Waals surface area contributed by atoms with Gasteiger partial charge in [-0.2, -0.15) is 0 Å². The van der Waals surface area contributed by atoms with Crippen molar-refractivity contribution in [1.82, 2.24) is 10.2 Å². The van der Waals surface area contributed by atoms with Gasteiger partial charge in [-0.1, -0.05) is 25.5 Å². The molecule has 21 heavy (non-hydrogen) atoms. The zero-order valence-electron chi connectivity index (χ0n) is 13.0. The van der Waals surface area contributed by atoms with E-state index in [2.05, 4.69) is 23.2 Å². The first-order valence-electron chi connectivity index (χ1n) is 7.84. The number of methoxy groups -OCH3 is 1. The molecule has 3 rings (SSSR count). The fourth-order valence-electron chi connectivity index (χ4n) is 3.70. The molecule has 1 heterocycles. The van der Waals surface area contributed by atoms with Gasteiger partial charge in [-0.25, -0.2) is 0 Å². The highest BCUT2D eigenvalue weighted by molar-refractivity contribution is 5.84. The van der Waals surface area contributed by atoms with E-state index in [-0.39, 0.29) is 18.1 Å². The summed E-state index contributed by atoms with van der Waals surface area (Å²) in [5, 5.41) is 3.44. The minimum absolute atomic E-state index is 0.0341. The van der Waals surface area contributed by atoms with E-state index in [1.165, 1.54) is 12.8 Å². The van der Waals surface area contributed by atoms with Gasteiger partial charge in [0.2, 0.25) is 5.91 Å². The van der Waals surface area contributed by atoms with Gasteiger partial charge in [0.1, 0.15) is 11.9 Å². The normalized spacial score (nSPS) is 32.7. The lowest BCUT2D eigenvalue weighted by Gasteiger charge is -2.33. The maximum absolute atomic E-state index is 12.6. The molecule has 1 aromatic carbocycles. The Hall–Kier alpha value is -1.55. The molecule has 4 nitrogen and oxygen atoms in total. The SMILES string of the molecule is COc1cccc(C2NC(C)C(=O)N2C2CCCC2C)c1. The predicted octanol–water partition coefficient (Wildman–Crippen LogP) is 2.70. The first-order valence-corrected chi connectivity index (χ1v) is 7.84. The molecule has 2 fully saturated rings. The van der Waals surface area contributed by atoms with Crippen LogP contribution in [0.25, 0.3) is 0 Å². The summed E-state index contributed by atoms with van der Waals surface area (Å²) in [5.74, 6) is 1.64. The summed E-state index contributed by atoms with van der Waals surface area (Å²) in [6, 6.07) is 8.25. The van der Waals surface area contributed by atoms with Gasteiger partial charge in [0, 0.05) is 6.04 Å². The molecule has 1 aromatic rings. The minimum atomic E-state index is -0.117. The standard InChI is InChI=1S/C17H24N2O2/c1-11-6-4-9-15(11)19-16(18-12(2)17(19)20)13-7-5-8-14(10-13)21-3/h5,7-8,10-12,15-16,18H,4,6,9H2,1-3H3.